The molecule has 0 amide bonds. The third-order valence-corrected chi connectivity index (χ3v) is 3.34. The van der Waals surface area contributed by atoms with Crippen LogP contribution in [0.15, 0.2) is 54.7 Å². The van der Waals surface area contributed by atoms with E-state index in [9.17, 15) is 5.11 Å². The highest BCUT2D eigenvalue weighted by atomic mass is 16.3. The van der Waals surface area contributed by atoms with Gasteiger partial charge in [-0.2, -0.15) is 0 Å². The molecule has 3 rings (SSSR count). The van der Waals surface area contributed by atoms with E-state index < -0.39 is 0 Å². The van der Waals surface area contributed by atoms with E-state index in [1.807, 2.05) is 30.5 Å². The third-order valence-electron chi connectivity index (χ3n) is 3.34. The predicted molar refractivity (Wildman–Crippen MR) is 73.9 cm³/mol. The van der Waals surface area contributed by atoms with Gasteiger partial charge in [-0.3, -0.25) is 0 Å². The van der Waals surface area contributed by atoms with Gasteiger partial charge < -0.3 is 9.67 Å². The number of aryl methyl sites for hydroxylation is 1. The standard InChI is InChI=1S/C16H15NO/c1-12-6-2-4-8-15(12)17-10-13(11-18)14-7-3-5-9-16(14)17/h2-10,18H,11H2,1H3. The molecule has 3 aromatic rings. The Balaban J connectivity index is 2.33. The predicted octanol–water partition coefficient (Wildman–Crippen LogP) is 3.43. The summed E-state index contributed by atoms with van der Waals surface area (Å²) >= 11 is 0. The number of hydrogen-bond acceptors (Lipinski definition) is 1. The summed E-state index contributed by atoms with van der Waals surface area (Å²) in [5.41, 5.74) is 4.49. The minimum atomic E-state index is 0.0688. The van der Waals surface area contributed by atoms with Crippen LogP contribution in [0.5, 0.6) is 0 Å². The van der Waals surface area contributed by atoms with Crippen LogP contribution < -0.4 is 0 Å². The van der Waals surface area contributed by atoms with Crippen LogP contribution in [0.2, 0.25) is 0 Å². The topological polar surface area (TPSA) is 25.2 Å². The quantitative estimate of drug-likeness (QED) is 0.725. The summed E-state index contributed by atoms with van der Waals surface area (Å²) < 4.78 is 2.15. The van der Waals surface area contributed by atoms with Gasteiger partial charge in [0.15, 0.2) is 0 Å². The maximum Gasteiger partial charge on any atom is 0.0702 e. The van der Waals surface area contributed by atoms with Gasteiger partial charge in [0, 0.05) is 22.8 Å². The first-order valence-corrected chi connectivity index (χ1v) is 6.07. The maximum atomic E-state index is 9.45. The van der Waals surface area contributed by atoms with E-state index in [0.29, 0.717) is 0 Å². The van der Waals surface area contributed by atoms with Crippen LogP contribution in [0.3, 0.4) is 0 Å². The summed E-state index contributed by atoms with van der Waals surface area (Å²) in [5.74, 6) is 0. The Morgan fingerprint density at radius 1 is 1.00 bits per heavy atom. The maximum absolute atomic E-state index is 9.45. The van der Waals surface area contributed by atoms with E-state index in [0.717, 1.165) is 22.2 Å². The fraction of sp³-hybridized carbons (Fsp3) is 0.125. The van der Waals surface area contributed by atoms with Crippen molar-refractivity contribution >= 4 is 10.9 Å². The SMILES string of the molecule is Cc1ccccc1-n1cc(CO)c2ccccc21. The van der Waals surface area contributed by atoms with Crippen LogP contribution in [0, 0.1) is 6.92 Å². The minimum Gasteiger partial charge on any atom is -0.392 e. The summed E-state index contributed by atoms with van der Waals surface area (Å²) in [4.78, 5) is 0. The van der Waals surface area contributed by atoms with Gasteiger partial charge in [-0.05, 0) is 24.6 Å². The molecule has 90 valence electrons. The zero-order valence-corrected chi connectivity index (χ0v) is 10.3. The summed E-state index contributed by atoms with van der Waals surface area (Å²) in [5, 5.41) is 10.6. The van der Waals surface area contributed by atoms with Crippen LogP contribution in [0.4, 0.5) is 0 Å². The van der Waals surface area contributed by atoms with Gasteiger partial charge >= 0.3 is 0 Å². The molecule has 0 saturated heterocycles. The average Bonchev–Trinajstić information content (AvgIpc) is 2.78. The van der Waals surface area contributed by atoms with Crippen molar-refractivity contribution in [3.8, 4) is 5.69 Å². The van der Waals surface area contributed by atoms with Gasteiger partial charge in [0.1, 0.15) is 0 Å². The Hall–Kier alpha value is -2.06. The van der Waals surface area contributed by atoms with Gasteiger partial charge in [0.25, 0.3) is 0 Å². The second-order valence-electron chi connectivity index (χ2n) is 4.49. The molecule has 0 bridgehead atoms. The van der Waals surface area contributed by atoms with Crippen molar-refractivity contribution in [2.45, 2.75) is 13.5 Å². The highest BCUT2D eigenvalue weighted by molar-refractivity contribution is 5.85. The molecular formula is C16H15NO. The number of nitrogens with zero attached hydrogens (tertiary/aromatic N) is 1. The van der Waals surface area contributed by atoms with Gasteiger partial charge in [-0.15, -0.1) is 0 Å². The highest BCUT2D eigenvalue weighted by Crippen LogP contribution is 2.26. The molecule has 0 aliphatic rings. The number of aliphatic hydroxyl groups excluding tert-OH is 1. The zero-order valence-electron chi connectivity index (χ0n) is 10.3. The molecule has 0 unspecified atom stereocenters. The molecule has 0 radical (unpaired) electrons. The second-order valence-corrected chi connectivity index (χ2v) is 4.49. The van der Waals surface area contributed by atoms with Crippen molar-refractivity contribution in [3.63, 3.8) is 0 Å². The summed E-state index contributed by atoms with van der Waals surface area (Å²) in [6.45, 7) is 2.17. The smallest absolute Gasteiger partial charge is 0.0702 e. The molecule has 1 aromatic heterocycles. The monoisotopic (exact) mass is 237 g/mol. The lowest BCUT2D eigenvalue weighted by Crippen LogP contribution is -1.94. The summed E-state index contributed by atoms with van der Waals surface area (Å²) in [6, 6.07) is 16.4. The number of hydrogen-bond donors (Lipinski definition) is 1. The molecule has 0 spiro atoms. The van der Waals surface area contributed by atoms with Crippen molar-refractivity contribution in [3.05, 3.63) is 65.9 Å². The highest BCUT2D eigenvalue weighted by Gasteiger charge is 2.09. The molecule has 0 aliphatic carbocycles. The second kappa shape index (κ2) is 4.31. The molecule has 0 fully saturated rings. The van der Waals surface area contributed by atoms with Crippen LogP contribution in [0.1, 0.15) is 11.1 Å². The van der Waals surface area contributed by atoms with E-state index in [-0.39, 0.29) is 6.61 Å². The zero-order chi connectivity index (χ0) is 12.5. The molecule has 2 aromatic carbocycles. The van der Waals surface area contributed by atoms with Crippen molar-refractivity contribution < 1.29 is 5.11 Å². The van der Waals surface area contributed by atoms with Gasteiger partial charge in [0.05, 0.1) is 12.1 Å². The molecule has 2 nitrogen and oxygen atoms in total. The lowest BCUT2D eigenvalue weighted by molar-refractivity contribution is 0.283. The molecule has 1 heterocycles. The minimum absolute atomic E-state index is 0.0688. The Morgan fingerprint density at radius 2 is 1.72 bits per heavy atom. The number of fused-ring (bicyclic) bond motifs is 1. The third kappa shape index (κ3) is 1.62. The largest absolute Gasteiger partial charge is 0.392 e. The van der Waals surface area contributed by atoms with Gasteiger partial charge in [0.2, 0.25) is 0 Å². The van der Waals surface area contributed by atoms with Crippen LogP contribution in [-0.2, 0) is 6.61 Å². The molecular weight excluding hydrogens is 222 g/mol. The Morgan fingerprint density at radius 3 is 2.50 bits per heavy atom. The lowest BCUT2D eigenvalue weighted by atomic mass is 10.2. The number of benzene rings is 2. The molecule has 0 saturated carbocycles. The van der Waals surface area contributed by atoms with Crippen LogP contribution >= 0.6 is 0 Å². The van der Waals surface area contributed by atoms with Crippen LogP contribution in [0.25, 0.3) is 16.6 Å². The van der Waals surface area contributed by atoms with E-state index in [2.05, 4.69) is 35.8 Å². The van der Waals surface area contributed by atoms with E-state index >= 15 is 0 Å². The van der Waals surface area contributed by atoms with Gasteiger partial charge in [-0.1, -0.05) is 36.4 Å². The average molecular weight is 237 g/mol. The fourth-order valence-corrected chi connectivity index (χ4v) is 2.41. The van der Waals surface area contributed by atoms with E-state index in [1.165, 1.54) is 5.56 Å². The first-order chi connectivity index (χ1) is 8.81. The number of aromatic nitrogens is 1. The first kappa shape index (κ1) is 11.1. The number of rotatable bonds is 2. The first-order valence-electron chi connectivity index (χ1n) is 6.07. The molecule has 1 N–H and O–H groups in total. The van der Waals surface area contributed by atoms with Crippen molar-refractivity contribution in [1.82, 2.24) is 4.57 Å². The molecule has 18 heavy (non-hydrogen) atoms. The lowest BCUT2D eigenvalue weighted by Gasteiger charge is -2.08. The summed E-state index contributed by atoms with van der Waals surface area (Å²) in [6.07, 6.45) is 2.02. The van der Waals surface area contributed by atoms with Crippen molar-refractivity contribution in [1.29, 1.82) is 0 Å². The molecule has 0 atom stereocenters. The number of aliphatic hydroxyl groups is 1. The fourth-order valence-electron chi connectivity index (χ4n) is 2.41. The normalized spacial score (nSPS) is 11.0. The van der Waals surface area contributed by atoms with E-state index in [4.69, 9.17) is 0 Å². The van der Waals surface area contributed by atoms with E-state index in [1.54, 1.807) is 0 Å². The molecule has 0 aliphatic heterocycles. The Kier molecular flexibility index (Phi) is 2.65. The Bertz CT molecular complexity index is 697. The van der Waals surface area contributed by atoms with Crippen molar-refractivity contribution in [2.75, 3.05) is 0 Å². The van der Waals surface area contributed by atoms with Crippen molar-refractivity contribution in [2.24, 2.45) is 0 Å². The van der Waals surface area contributed by atoms with Gasteiger partial charge in [-0.25, -0.2) is 0 Å². The molecule has 2 heteroatoms. The van der Waals surface area contributed by atoms with Crippen LogP contribution in [-0.4, -0.2) is 9.67 Å². The Labute approximate surface area is 106 Å². The summed E-state index contributed by atoms with van der Waals surface area (Å²) in [7, 11) is 0. The number of para-hydroxylation sites is 2.